The lowest BCUT2D eigenvalue weighted by atomic mass is 10.0. The third kappa shape index (κ3) is 35.1. The summed E-state index contributed by atoms with van der Waals surface area (Å²) in [6.07, 6.45) is 40.5. The molecule has 0 aliphatic heterocycles. The number of hydrogen-bond donors (Lipinski definition) is 2. The highest BCUT2D eigenvalue weighted by atomic mass is 16.2. The van der Waals surface area contributed by atoms with Crippen LogP contribution in [0, 0.1) is 0 Å². The van der Waals surface area contributed by atoms with Gasteiger partial charge in [0.1, 0.15) is 0 Å². The van der Waals surface area contributed by atoms with Crippen molar-refractivity contribution >= 4 is 11.8 Å². The molecular formula is C38H76N2O2. The number of rotatable bonds is 35. The molecule has 2 amide bonds. The van der Waals surface area contributed by atoms with Crippen LogP contribution in [0.15, 0.2) is 0 Å². The lowest BCUT2D eigenvalue weighted by Gasteiger charge is -2.07. The molecule has 0 aliphatic carbocycles. The summed E-state index contributed by atoms with van der Waals surface area (Å²) in [5.41, 5.74) is 0. The predicted molar refractivity (Wildman–Crippen MR) is 185 cm³/mol. The molecule has 0 atom stereocenters. The van der Waals surface area contributed by atoms with Crippen LogP contribution in [0.4, 0.5) is 0 Å². The highest BCUT2D eigenvalue weighted by molar-refractivity contribution is 5.76. The Morgan fingerprint density at radius 2 is 0.524 bits per heavy atom. The summed E-state index contributed by atoms with van der Waals surface area (Å²) in [5.74, 6) is 0.442. The molecule has 0 unspecified atom stereocenters. The Morgan fingerprint density at radius 1 is 0.310 bits per heavy atom. The Bertz CT molecular complexity index is 503. The van der Waals surface area contributed by atoms with E-state index < -0.39 is 0 Å². The van der Waals surface area contributed by atoms with Crippen LogP contribution in [0.2, 0.25) is 0 Å². The molecule has 4 nitrogen and oxygen atoms in total. The molecule has 0 radical (unpaired) electrons. The van der Waals surface area contributed by atoms with Crippen LogP contribution < -0.4 is 10.6 Å². The largest absolute Gasteiger partial charge is 0.356 e. The fourth-order valence-electron chi connectivity index (χ4n) is 5.84. The minimum absolute atomic E-state index is 0.221. The summed E-state index contributed by atoms with van der Waals surface area (Å²) in [6, 6.07) is 0. The molecule has 0 saturated heterocycles. The van der Waals surface area contributed by atoms with Crippen molar-refractivity contribution in [2.24, 2.45) is 0 Å². The molecule has 2 N–H and O–H groups in total. The molecule has 4 heteroatoms. The second-order valence-corrected chi connectivity index (χ2v) is 13.1. The summed E-state index contributed by atoms with van der Waals surface area (Å²) < 4.78 is 0. The maximum Gasteiger partial charge on any atom is 0.219 e. The van der Waals surface area contributed by atoms with Gasteiger partial charge in [-0.3, -0.25) is 9.59 Å². The van der Waals surface area contributed by atoms with Gasteiger partial charge in [-0.25, -0.2) is 0 Å². The Labute approximate surface area is 264 Å². The maximum absolute atomic E-state index is 12.0. The quantitative estimate of drug-likeness (QED) is 0.0719. The van der Waals surface area contributed by atoms with Crippen molar-refractivity contribution < 1.29 is 9.59 Å². The molecule has 0 aromatic rings. The molecule has 0 aromatic carbocycles. The molecule has 0 rings (SSSR count). The van der Waals surface area contributed by atoms with E-state index in [9.17, 15) is 9.59 Å². The topological polar surface area (TPSA) is 58.2 Å². The summed E-state index contributed by atoms with van der Waals surface area (Å²) in [5, 5.41) is 6.17. The Balaban J connectivity index is 3.24. The van der Waals surface area contributed by atoms with Gasteiger partial charge in [-0.2, -0.15) is 0 Å². The van der Waals surface area contributed by atoms with E-state index in [0.29, 0.717) is 12.8 Å². The first-order chi connectivity index (χ1) is 20.7. The molecule has 0 aliphatic rings. The molecule has 0 fully saturated rings. The predicted octanol–water partition coefficient (Wildman–Crippen LogP) is 11.7. The molecule has 42 heavy (non-hydrogen) atoms. The van der Waals surface area contributed by atoms with Crippen LogP contribution in [-0.2, 0) is 9.59 Å². The van der Waals surface area contributed by atoms with Gasteiger partial charge in [0, 0.05) is 25.9 Å². The van der Waals surface area contributed by atoms with Gasteiger partial charge in [0.25, 0.3) is 0 Å². The van der Waals surface area contributed by atoms with Crippen LogP contribution in [0.5, 0.6) is 0 Å². The number of unbranched alkanes of at least 4 members (excludes halogenated alkanes) is 27. The van der Waals surface area contributed by atoms with Crippen LogP contribution in [0.25, 0.3) is 0 Å². The zero-order chi connectivity index (χ0) is 30.6. The van der Waals surface area contributed by atoms with Crippen molar-refractivity contribution in [2.75, 3.05) is 13.1 Å². The summed E-state index contributed by atoms with van der Waals surface area (Å²) in [4.78, 5) is 24.1. The highest BCUT2D eigenvalue weighted by Crippen LogP contribution is 2.14. The minimum atomic E-state index is 0.221. The zero-order valence-electron chi connectivity index (χ0n) is 28.9. The van der Waals surface area contributed by atoms with E-state index in [2.05, 4.69) is 24.5 Å². The standard InChI is InChI=1S/C38H76N2O2/c1-3-5-7-9-11-13-15-17-19-21-23-25-29-33-37(41)39-35-31-27-28-32-36-40-38(42)34-30-26-24-22-20-18-16-14-12-10-8-6-4-2/h3-36H2,1-2H3,(H,39,41)(H,40,42). The van der Waals surface area contributed by atoms with Crippen molar-refractivity contribution in [3.05, 3.63) is 0 Å². The molecule has 0 spiro atoms. The fraction of sp³-hybridized carbons (Fsp3) is 0.947. The highest BCUT2D eigenvalue weighted by Gasteiger charge is 2.03. The average molecular weight is 593 g/mol. The summed E-state index contributed by atoms with van der Waals surface area (Å²) in [6.45, 7) is 6.15. The lowest BCUT2D eigenvalue weighted by molar-refractivity contribution is -0.122. The Morgan fingerprint density at radius 3 is 0.786 bits per heavy atom. The molecular weight excluding hydrogens is 516 g/mol. The first kappa shape index (κ1) is 40.9. The van der Waals surface area contributed by atoms with Crippen molar-refractivity contribution in [1.29, 1.82) is 0 Å². The molecule has 0 bridgehead atoms. The van der Waals surface area contributed by atoms with Gasteiger partial charge in [-0.05, 0) is 25.7 Å². The molecule has 0 heterocycles. The van der Waals surface area contributed by atoms with Crippen molar-refractivity contribution in [3.63, 3.8) is 0 Å². The summed E-state index contributed by atoms with van der Waals surface area (Å²) >= 11 is 0. The van der Waals surface area contributed by atoms with Gasteiger partial charge in [0.05, 0.1) is 0 Å². The first-order valence-electron chi connectivity index (χ1n) is 19.2. The molecule has 250 valence electrons. The number of carbonyl (C=O) groups is 2. The number of amides is 2. The fourth-order valence-corrected chi connectivity index (χ4v) is 5.84. The van der Waals surface area contributed by atoms with Crippen molar-refractivity contribution in [2.45, 2.75) is 219 Å². The van der Waals surface area contributed by atoms with Gasteiger partial charge in [-0.15, -0.1) is 0 Å². The summed E-state index contributed by atoms with van der Waals surface area (Å²) in [7, 11) is 0. The van der Waals surface area contributed by atoms with Gasteiger partial charge in [-0.1, -0.05) is 181 Å². The van der Waals surface area contributed by atoms with Crippen LogP contribution in [0.3, 0.4) is 0 Å². The lowest BCUT2D eigenvalue weighted by Crippen LogP contribution is -2.24. The number of hydrogen-bond acceptors (Lipinski definition) is 2. The number of nitrogens with one attached hydrogen (secondary N) is 2. The second kappa shape index (κ2) is 36.1. The Hall–Kier alpha value is -1.06. The third-order valence-corrected chi connectivity index (χ3v) is 8.76. The van der Waals surface area contributed by atoms with E-state index in [0.717, 1.165) is 51.6 Å². The Kier molecular flexibility index (Phi) is 35.2. The van der Waals surface area contributed by atoms with Crippen molar-refractivity contribution in [3.8, 4) is 0 Å². The zero-order valence-corrected chi connectivity index (χ0v) is 28.9. The van der Waals surface area contributed by atoms with E-state index in [1.165, 1.54) is 154 Å². The van der Waals surface area contributed by atoms with Crippen LogP contribution in [-0.4, -0.2) is 24.9 Å². The SMILES string of the molecule is CCCCCCCCCCCCCCCC(=O)NCCCCCCNC(=O)CCCCCCCCCCCCCCC. The minimum Gasteiger partial charge on any atom is -0.356 e. The van der Waals surface area contributed by atoms with Gasteiger partial charge in [0.2, 0.25) is 11.8 Å². The van der Waals surface area contributed by atoms with E-state index >= 15 is 0 Å². The molecule has 0 saturated carbocycles. The maximum atomic E-state index is 12.0. The van der Waals surface area contributed by atoms with Gasteiger partial charge >= 0.3 is 0 Å². The monoisotopic (exact) mass is 593 g/mol. The molecule has 0 aromatic heterocycles. The average Bonchev–Trinajstić information content (AvgIpc) is 2.99. The van der Waals surface area contributed by atoms with E-state index in [1.54, 1.807) is 0 Å². The van der Waals surface area contributed by atoms with Crippen LogP contribution >= 0.6 is 0 Å². The third-order valence-electron chi connectivity index (χ3n) is 8.76. The first-order valence-corrected chi connectivity index (χ1v) is 19.2. The normalized spacial score (nSPS) is 11.2. The van der Waals surface area contributed by atoms with Gasteiger partial charge < -0.3 is 10.6 Å². The van der Waals surface area contributed by atoms with E-state index in [4.69, 9.17) is 0 Å². The van der Waals surface area contributed by atoms with Gasteiger partial charge in [0.15, 0.2) is 0 Å². The number of carbonyl (C=O) groups excluding carboxylic acids is 2. The van der Waals surface area contributed by atoms with Crippen molar-refractivity contribution in [1.82, 2.24) is 10.6 Å². The van der Waals surface area contributed by atoms with E-state index in [1.807, 2.05) is 0 Å². The van der Waals surface area contributed by atoms with E-state index in [-0.39, 0.29) is 11.8 Å². The second-order valence-electron chi connectivity index (χ2n) is 13.1. The smallest absolute Gasteiger partial charge is 0.219 e. The van der Waals surface area contributed by atoms with Crippen LogP contribution in [0.1, 0.15) is 219 Å².